The molecule has 0 radical (unpaired) electrons. The third-order valence-corrected chi connectivity index (χ3v) is 4.04. The Balaban J connectivity index is 0.00000191. The Bertz CT molecular complexity index is 429. The normalized spacial score (nSPS) is 10.9. The Morgan fingerprint density at radius 3 is 2.29 bits per heavy atom. The fourth-order valence-electron chi connectivity index (χ4n) is 2.07. The Morgan fingerprint density at radius 1 is 1.24 bits per heavy atom. The van der Waals surface area contributed by atoms with Gasteiger partial charge in [-0.1, -0.05) is 73.6 Å². The summed E-state index contributed by atoms with van der Waals surface area (Å²) in [5.74, 6) is 0.564. The molecule has 1 rings (SSSR count). The Kier molecular flexibility index (Phi) is 8.39. The van der Waals surface area contributed by atoms with Crippen molar-refractivity contribution in [1.82, 2.24) is 0 Å². The molecule has 0 atom stereocenters. The third kappa shape index (κ3) is 6.37. The van der Waals surface area contributed by atoms with E-state index < -0.39 is 0 Å². The molecule has 0 aliphatic carbocycles. The quantitative estimate of drug-likeness (QED) is 0.569. The van der Waals surface area contributed by atoms with Crippen molar-refractivity contribution in [1.29, 1.82) is 0 Å². The molecule has 0 aliphatic rings. The van der Waals surface area contributed by atoms with Gasteiger partial charge in [-0.15, -0.1) is 0 Å². The first-order chi connectivity index (χ1) is 9.76. The SMILES string of the molecule is C=C(CC(C)(C)CC)N(C)c1cccc(C(C)C)c1.CC. The highest BCUT2D eigenvalue weighted by atomic mass is 15.1. The molecule has 0 amide bonds. The number of anilines is 1. The van der Waals surface area contributed by atoms with E-state index >= 15 is 0 Å². The number of benzene rings is 1. The van der Waals surface area contributed by atoms with Crippen molar-refractivity contribution in [2.75, 3.05) is 11.9 Å². The van der Waals surface area contributed by atoms with E-state index in [-0.39, 0.29) is 0 Å². The van der Waals surface area contributed by atoms with Gasteiger partial charge in [0.2, 0.25) is 0 Å². The molecule has 1 heteroatoms. The van der Waals surface area contributed by atoms with Crippen LogP contribution in [0.5, 0.6) is 0 Å². The van der Waals surface area contributed by atoms with Gasteiger partial charge in [-0.2, -0.15) is 0 Å². The zero-order valence-corrected chi connectivity index (χ0v) is 15.5. The van der Waals surface area contributed by atoms with E-state index in [4.69, 9.17) is 0 Å². The zero-order valence-electron chi connectivity index (χ0n) is 15.5. The van der Waals surface area contributed by atoms with Gasteiger partial charge in [0.1, 0.15) is 0 Å². The van der Waals surface area contributed by atoms with E-state index in [1.54, 1.807) is 0 Å². The second-order valence-electron chi connectivity index (χ2n) is 6.57. The van der Waals surface area contributed by atoms with Crippen LogP contribution < -0.4 is 4.90 Å². The van der Waals surface area contributed by atoms with Gasteiger partial charge >= 0.3 is 0 Å². The molecule has 0 unspecified atom stereocenters. The van der Waals surface area contributed by atoms with Crippen LogP contribution in [0.15, 0.2) is 36.5 Å². The highest BCUT2D eigenvalue weighted by Gasteiger charge is 2.18. The predicted molar refractivity (Wildman–Crippen MR) is 98.1 cm³/mol. The maximum absolute atomic E-state index is 4.26. The first-order valence-electron chi connectivity index (χ1n) is 8.28. The summed E-state index contributed by atoms with van der Waals surface area (Å²) < 4.78 is 0. The van der Waals surface area contributed by atoms with Gasteiger partial charge in [0, 0.05) is 18.4 Å². The van der Waals surface area contributed by atoms with E-state index in [1.165, 1.54) is 23.4 Å². The smallest absolute Gasteiger partial charge is 0.0408 e. The summed E-state index contributed by atoms with van der Waals surface area (Å²) in [7, 11) is 2.12. The van der Waals surface area contributed by atoms with Crippen LogP contribution in [0, 0.1) is 5.41 Å². The van der Waals surface area contributed by atoms with E-state index in [9.17, 15) is 0 Å². The molecule has 0 aliphatic heterocycles. The lowest BCUT2D eigenvalue weighted by Gasteiger charge is -2.30. The van der Waals surface area contributed by atoms with Crippen LogP contribution in [0.1, 0.15) is 72.8 Å². The number of nitrogens with zero attached hydrogens (tertiary/aromatic N) is 1. The lowest BCUT2D eigenvalue weighted by atomic mass is 9.85. The average molecular weight is 290 g/mol. The molecular weight excluding hydrogens is 254 g/mol. The van der Waals surface area contributed by atoms with E-state index in [2.05, 4.69) is 77.4 Å². The van der Waals surface area contributed by atoms with Crippen molar-refractivity contribution in [3.8, 4) is 0 Å². The number of hydrogen-bond donors (Lipinski definition) is 0. The van der Waals surface area contributed by atoms with Crippen LogP contribution in [0.25, 0.3) is 0 Å². The summed E-state index contributed by atoms with van der Waals surface area (Å²) in [6.07, 6.45) is 2.21. The van der Waals surface area contributed by atoms with Gasteiger partial charge in [0.25, 0.3) is 0 Å². The Labute approximate surface area is 133 Å². The molecule has 0 spiro atoms. The van der Waals surface area contributed by atoms with Gasteiger partial charge in [0.15, 0.2) is 0 Å². The second-order valence-corrected chi connectivity index (χ2v) is 6.57. The van der Waals surface area contributed by atoms with Crippen LogP contribution in [-0.2, 0) is 0 Å². The molecule has 0 saturated carbocycles. The third-order valence-electron chi connectivity index (χ3n) is 4.04. The highest BCUT2D eigenvalue weighted by Crippen LogP contribution is 2.31. The monoisotopic (exact) mass is 289 g/mol. The maximum atomic E-state index is 4.26. The van der Waals surface area contributed by atoms with Crippen LogP contribution in [0.4, 0.5) is 5.69 Å². The summed E-state index contributed by atoms with van der Waals surface area (Å²) in [6, 6.07) is 8.77. The van der Waals surface area contributed by atoms with Crippen molar-refractivity contribution >= 4 is 5.69 Å². The van der Waals surface area contributed by atoms with Crippen molar-refractivity contribution in [3.05, 3.63) is 42.1 Å². The second kappa shape index (κ2) is 8.92. The summed E-state index contributed by atoms with van der Waals surface area (Å²) in [5.41, 5.74) is 4.13. The molecule has 0 N–H and O–H groups in total. The van der Waals surface area contributed by atoms with Gasteiger partial charge in [0.05, 0.1) is 0 Å². The maximum Gasteiger partial charge on any atom is 0.0408 e. The lowest BCUT2D eigenvalue weighted by molar-refractivity contribution is 0.346. The number of rotatable bonds is 6. The van der Waals surface area contributed by atoms with Crippen LogP contribution in [0.2, 0.25) is 0 Å². The molecule has 1 aromatic rings. The van der Waals surface area contributed by atoms with E-state index in [0.29, 0.717) is 11.3 Å². The minimum Gasteiger partial charge on any atom is -0.349 e. The van der Waals surface area contributed by atoms with Crippen molar-refractivity contribution < 1.29 is 0 Å². The van der Waals surface area contributed by atoms with Crippen LogP contribution in [-0.4, -0.2) is 7.05 Å². The van der Waals surface area contributed by atoms with Gasteiger partial charge in [-0.25, -0.2) is 0 Å². The molecule has 120 valence electrons. The standard InChI is InChI=1S/C18H29N.C2H6/c1-8-18(5,6)13-15(4)19(7)17-11-9-10-16(12-17)14(2)3;1-2/h9-12,14H,4,8,13H2,1-3,5-7H3;1-2H3. The summed E-state index contributed by atoms with van der Waals surface area (Å²) >= 11 is 0. The number of allylic oxidation sites excluding steroid dienone is 1. The van der Waals surface area contributed by atoms with Gasteiger partial charge in [-0.05, 0) is 35.4 Å². The van der Waals surface area contributed by atoms with E-state index in [1.807, 2.05) is 13.8 Å². The van der Waals surface area contributed by atoms with Crippen molar-refractivity contribution in [2.45, 2.75) is 67.2 Å². The fourth-order valence-corrected chi connectivity index (χ4v) is 2.07. The van der Waals surface area contributed by atoms with Crippen molar-refractivity contribution in [2.24, 2.45) is 5.41 Å². The highest BCUT2D eigenvalue weighted by molar-refractivity contribution is 5.53. The summed E-state index contributed by atoms with van der Waals surface area (Å²) in [5, 5.41) is 0. The average Bonchev–Trinajstić information content (AvgIpc) is 2.48. The molecule has 0 fully saturated rings. The summed E-state index contributed by atoms with van der Waals surface area (Å²) in [4.78, 5) is 2.23. The van der Waals surface area contributed by atoms with Crippen molar-refractivity contribution in [3.63, 3.8) is 0 Å². The molecular formula is C20H35N. The fraction of sp³-hybridized carbons (Fsp3) is 0.600. The molecule has 0 aromatic heterocycles. The predicted octanol–water partition coefficient (Wildman–Crippen LogP) is 6.61. The van der Waals surface area contributed by atoms with Crippen LogP contribution in [0.3, 0.4) is 0 Å². The largest absolute Gasteiger partial charge is 0.349 e. The number of hydrogen-bond acceptors (Lipinski definition) is 1. The van der Waals surface area contributed by atoms with Gasteiger partial charge < -0.3 is 4.90 Å². The van der Waals surface area contributed by atoms with E-state index in [0.717, 1.165) is 6.42 Å². The minimum atomic E-state index is 0.320. The van der Waals surface area contributed by atoms with Gasteiger partial charge in [-0.3, -0.25) is 0 Å². The first-order valence-corrected chi connectivity index (χ1v) is 8.28. The lowest BCUT2D eigenvalue weighted by Crippen LogP contribution is -2.21. The Hall–Kier alpha value is -1.24. The summed E-state index contributed by atoms with van der Waals surface area (Å²) in [6.45, 7) is 19.6. The molecule has 21 heavy (non-hydrogen) atoms. The zero-order chi connectivity index (χ0) is 16.6. The Morgan fingerprint density at radius 2 is 1.81 bits per heavy atom. The molecule has 1 nitrogen and oxygen atoms in total. The molecule has 0 bridgehead atoms. The first kappa shape index (κ1) is 19.8. The molecule has 1 aromatic carbocycles. The molecule has 0 heterocycles. The minimum absolute atomic E-state index is 0.320. The van der Waals surface area contributed by atoms with Crippen LogP contribution >= 0.6 is 0 Å². The molecule has 0 saturated heterocycles. The topological polar surface area (TPSA) is 3.24 Å².